The van der Waals surface area contributed by atoms with Gasteiger partial charge in [0, 0.05) is 23.5 Å². The number of carbonyl (C=O) groups is 1. The highest BCUT2D eigenvalue weighted by Crippen LogP contribution is 2.37. The van der Waals surface area contributed by atoms with Crippen LogP contribution in [0.1, 0.15) is 44.9 Å². The zero-order chi connectivity index (χ0) is 23.7. The number of nitrogens with zero attached hydrogens (tertiary/aromatic N) is 3. The fraction of sp³-hybridized carbons (Fsp3) is 0.583. The lowest BCUT2D eigenvalue weighted by molar-refractivity contribution is -0.142. The van der Waals surface area contributed by atoms with Gasteiger partial charge in [0.05, 0.1) is 28.8 Å². The Morgan fingerprint density at radius 3 is 2.47 bits per heavy atom. The second-order valence-corrected chi connectivity index (χ2v) is 10.4. The van der Waals surface area contributed by atoms with Crippen molar-refractivity contribution in [3.05, 3.63) is 33.1 Å². The molecule has 0 amide bonds. The van der Waals surface area contributed by atoms with Crippen molar-refractivity contribution in [3.8, 4) is 11.3 Å². The molecule has 2 rings (SSSR count). The molecule has 1 aromatic carbocycles. The van der Waals surface area contributed by atoms with Crippen LogP contribution in [0.2, 0.25) is 10.0 Å². The van der Waals surface area contributed by atoms with Crippen LogP contribution < -0.4 is 4.90 Å². The van der Waals surface area contributed by atoms with Gasteiger partial charge in [-0.1, -0.05) is 43.1 Å². The predicted octanol–water partition coefficient (Wildman–Crippen LogP) is 6.42. The van der Waals surface area contributed by atoms with Crippen molar-refractivity contribution in [2.75, 3.05) is 45.2 Å². The number of aromatic nitrogens is 1. The van der Waals surface area contributed by atoms with Gasteiger partial charge in [0.2, 0.25) is 0 Å². The topological polar surface area (TPSA) is 45.7 Å². The molecule has 0 bridgehead atoms. The molecular formula is C24H35Cl2N3O2S. The predicted molar refractivity (Wildman–Crippen MR) is 137 cm³/mol. The normalized spacial score (nSPS) is 11.4. The monoisotopic (exact) mass is 499 g/mol. The van der Waals surface area contributed by atoms with Gasteiger partial charge in [-0.2, -0.15) is 0 Å². The molecule has 32 heavy (non-hydrogen) atoms. The summed E-state index contributed by atoms with van der Waals surface area (Å²) in [5, 5.41) is 2.00. The Balaban J connectivity index is 2.31. The zero-order valence-corrected chi connectivity index (χ0v) is 22.1. The fourth-order valence-corrected chi connectivity index (χ4v) is 4.99. The van der Waals surface area contributed by atoms with Crippen LogP contribution in [-0.4, -0.2) is 56.2 Å². The first-order valence-electron chi connectivity index (χ1n) is 11.2. The Labute approximate surface area is 206 Å². The van der Waals surface area contributed by atoms with E-state index in [1.165, 1.54) is 4.88 Å². The standard InChI is InChI=1S/C24H35Cl2N3O2S/c1-6-31-22(30)11-14-29(13-8-7-12-28(4)5)24-27-23(21(32-24)15-17(2)3)18-9-10-19(25)20(26)16-18/h9-10,16-17H,6-8,11-15H2,1-5H3. The summed E-state index contributed by atoms with van der Waals surface area (Å²) in [5.41, 5.74) is 1.92. The summed E-state index contributed by atoms with van der Waals surface area (Å²) in [7, 11) is 4.17. The lowest BCUT2D eigenvalue weighted by atomic mass is 10.0. The second kappa shape index (κ2) is 13.4. The van der Waals surface area contributed by atoms with Crippen LogP contribution in [0, 0.1) is 5.92 Å². The number of halogens is 2. The molecule has 5 nitrogen and oxygen atoms in total. The number of hydrogen-bond donors (Lipinski definition) is 0. The first-order chi connectivity index (χ1) is 15.2. The van der Waals surface area contributed by atoms with Crippen molar-refractivity contribution in [2.45, 2.75) is 46.5 Å². The van der Waals surface area contributed by atoms with E-state index in [0.29, 0.717) is 35.5 Å². The van der Waals surface area contributed by atoms with Gasteiger partial charge >= 0.3 is 5.97 Å². The molecular weight excluding hydrogens is 465 g/mol. The number of hydrogen-bond acceptors (Lipinski definition) is 6. The van der Waals surface area contributed by atoms with Gasteiger partial charge in [0.25, 0.3) is 0 Å². The van der Waals surface area contributed by atoms with Gasteiger partial charge in [0.15, 0.2) is 5.13 Å². The number of carbonyl (C=O) groups excluding carboxylic acids is 1. The van der Waals surface area contributed by atoms with E-state index in [9.17, 15) is 4.79 Å². The molecule has 0 atom stereocenters. The summed E-state index contributed by atoms with van der Waals surface area (Å²) >= 11 is 14.1. The lowest BCUT2D eigenvalue weighted by Gasteiger charge is -2.22. The smallest absolute Gasteiger partial charge is 0.307 e. The average molecular weight is 501 g/mol. The summed E-state index contributed by atoms with van der Waals surface area (Å²) in [5.74, 6) is 0.326. The Morgan fingerprint density at radius 1 is 1.12 bits per heavy atom. The summed E-state index contributed by atoms with van der Waals surface area (Å²) in [6.07, 6.45) is 3.40. The van der Waals surface area contributed by atoms with Gasteiger partial charge in [-0.05, 0) is 64.9 Å². The van der Waals surface area contributed by atoms with Crippen molar-refractivity contribution >= 4 is 45.6 Å². The first-order valence-corrected chi connectivity index (χ1v) is 12.8. The van der Waals surface area contributed by atoms with Gasteiger partial charge in [-0.25, -0.2) is 4.98 Å². The molecule has 0 saturated carbocycles. The maximum atomic E-state index is 12.0. The van der Waals surface area contributed by atoms with Crippen LogP contribution in [0.15, 0.2) is 18.2 Å². The maximum Gasteiger partial charge on any atom is 0.307 e. The molecule has 1 aromatic heterocycles. The van der Waals surface area contributed by atoms with Gasteiger partial charge in [0.1, 0.15) is 0 Å². The fourth-order valence-electron chi connectivity index (χ4n) is 3.35. The van der Waals surface area contributed by atoms with Crippen molar-refractivity contribution in [1.82, 2.24) is 9.88 Å². The number of ether oxygens (including phenoxy) is 1. The number of benzene rings is 1. The third kappa shape index (κ3) is 8.54. The van der Waals surface area contributed by atoms with Gasteiger partial charge in [-0.3, -0.25) is 4.79 Å². The Hall–Kier alpha value is -1.34. The minimum atomic E-state index is -0.172. The third-order valence-electron chi connectivity index (χ3n) is 4.92. The Bertz CT molecular complexity index is 871. The van der Waals surface area contributed by atoms with E-state index >= 15 is 0 Å². The van der Waals surface area contributed by atoms with Crippen LogP contribution in [-0.2, 0) is 16.0 Å². The second-order valence-electron chi connectivity index (χ2n) is 8.55. The van der Waals surface area contributed by atoms with Crippen molar-refractivity contribution in [1.29, 1.82) is 0 Å². The first kappa shape index (κ1) is 26.9. The van der Waals surface area contributed by atoms with Crippen LogP contribution >= 0.6 is 34.5 Å². The highest BCUT2D eigenvalue weighted by Gasteiger charge is 2.20. The molecule has 0 N–H and O–H groups in total. The molecule has 2 aromatic rings. The molecule has 8 heteroatoms. The zero-order valence-electron chi connectivity index (χ0n) is 19.8. The molecule has 0 spiro atoms. The maximum absolute atomic E-state index is 12.0. The summed E-state index contributed by atoms with van der Waals surface area (Å²) < 4.78 is 5.14. The molecule has 0 radical (unpaired) electrons. The Morgan fingerprint density at radius 2 is 1.84 bits per heavy atom. The molecule has 0 aliphatic rings. The van der Waals surface area contributed by atoms with Gasteiger partial charge in [-0.15, -0.1) is 11.3 Å². The average Bonchev–Trinajstić information content (AvgIpc) is 3.12. The quantitative estimate of drug-likeness (QED) is 0.235. The van der Waals surface area contributed by atoms with E-state index in [2.05, 4.69) is 37.7 Å². The molecule has 0 unspecified atom stereocenters. The van der Waals surface area contributed by atoms with Crippen LogP contribution in [0.5, 0.6) is 0 Å². The number of anilines is 1. The van der Waals surface area contributed by atoms with Crippen molar-refractivity contribution < 1.29 is 9.53 Å². The minimum absolute atomic E-state index is 0.172. The molecule has 0 aliphatic heterocycles. The van der Waals surface area contributed by atoms with Gasteiger partial charge < -0.3 is 14.5 Å². The number of thiazole rings is 1. The molecule has 0 aliphatic carbocycles. The lowest BCUT2D eigenvalue weighted by Crippen LogP contribution is -2.28. The van der Waals surface area contributed by atoms with Crippen LogP contribution in [0.3, 0.4) is 0 Å². The highest BCUT2D eigenvalue weighted by molar-refractivity contribution is 7.16. The third-order valence-corrected chi connectivity index (χ3v) is 6.80. The summed E-state index contributed by atoms with van der Waals surface area (Å²) in [6.45, 7) is 9.13. The van der Waals surface area contributed by atoms with E-state index in [-0.39, 0.29) is 5.97 Å². The number of unbranched alkanes of at least 4 members (excludes halogenated alkanes) is 1. The number of esters is 1. The van der Waals surface area contributed by atoms with E-state index in [4.69, 9.17) is 32.9 Å². The van der Waals surface area contributed by atoms with E-state index in [0.717, 1.165) is 48.7 Å². The molecule has 0 fully saturated rings. The summed E-state index contributed by atoms with van der Waals surface area (Å²) in [4.78, 5) is 22.7. The van der Waals surface area contributed by atoms with Crippen molar-refractivity contribution in [3.63, 3.8) is 0 Å². The SMILES string of the molecule is CCOC(=O)CCN(CCCCN(C)C)c1nc(-c2ccc(Cl)c(Cl)c2)c(CC(C)C)s1. The Kier molecular flexibility index (Phi) is 11.3. The van der Waals surface area contributed by atoms with E-state index in [1.807, 2.05) is 25.1 Å². The van der Waals surface area contributed by atoms with Crippen molar-refractivity contribution in [2.24, 2.45) is 5.92 Å². The number of rotatable bonds is 13. The van der Waals surface area contributed by atoms with E-state index < -0.39 is 0 Å². The molecule has 1 heterocycles. The highest BCUT2D eigenvalue weighted by atomic mass is 35.5. The molecule has 0 saturated heterocycles. The van der Waals surface area contributed by atoms with E-state index in [1.54, 1.807) is 11.3 Å². The minimum Gasteiger partial charge on any atom is -0.466 e. The van der Waals surface area contributed by atoms with Crippen LogP contribution in [0.25, 0.3) is 11.3 Å². The molecule has 178 valence electrons. The van der Waals surface area contributed by atoms with Crippen LogP contribution in [0.4, 0.5) is 5.13 Å². The largest absolute Gasteiger partial charge is 0.466 e. The summed E-state index contributed by atoms with van der Waals surface area (Å²) in [6, 6.07) is 5.67.